The van der Waals surface area contributed by atoms with Gasteiger partial charge < -0.3 is 14.6 Å². The van der Waals surface area contributed by atoms with Crippen LogP contribution in [0.4, 0.5) is 0 Å². The Morgan fingerprint density at radius 1 is 1.06 bits per heavy atom. The molecule has 0 aromatic carbocycles. The molecule has 0 aromatic heterocycles. The zero-order valence-corrected chi connectivity index (χ0v) is 10.8. The molecule has 0 aromatic rings. The van der Waals surface area contributed by atoms with Gasteiger partial charge in [0.25, 0.3) is 0 Å². The van der Waals surface area contributed by atoms with Crippen molar-refractivity contribution in [1.29, 1.82) is 0 Å². The number of rotatable bonds is 10. The van der Waals surface area contributed by atoms with Crippen molar-refractivity contribution in [1.82, 2.24) is 0 Å². The first-order chi connectivity index (χ1) is 8.01. The minimum atomic E-state index is -2.12. The lowest BCUT2D eigenvalue weighted by atomic mass is 10.2. The van der Waals surface area contributed by atoms with Crippen molar-refractivity contribution < 1.29 is 24.2 Å². The molecule has 0 saturated heterocycles. The maximum absolute atomic E-state index is 11.5. The molecule has 0 saturated carbocycles. The topological polar surface area (TPSA) is 72.8 Å². The average molecular weight is 276 g/mol. The van der Waals surface area contributed by atoms with E-state index in [2.05, 4.69) is 0 Å². The first-order valence-electron chi connectivity index (χ1n) is 6.03. The minimum Gasteiger partial charge on any atom is -0.477 e. The summed E-state index contributed by atoms with van der Waals surface area (Å²) < 4.78 is 10.3. The number of carboxylic acids is 1. The molecule has 0 heterocycles. The molecule has 5 nitrogen and oxygen atoms in total. The van der Waals surface area contributed by atoms with Gasteiger partial charge in [-0.25, -0.2) is 4.79 Å². The Labute approximate surface area is 119 Å². The highest BCUT2D eigenvalue weighted by Gasteiger charge is 2.46. The van der Waals surface area contributed by atoms with Crippen LogP contribution in [0.25, 0.3) is 0 Å². The zero-order valence-electron chi connectivity index (χ0n) is 10.8. The smallest absolute Gasteiger partial charge is 0.372 e. The number of ketones is 1. The van der Waals surface area contributed by atoms with Crippen LogP contribution in [0.5, 0.6) is 0 Å². The molecular weight excluding hydrogens is 251 g/mol. The summed E-state index contributed by atoms with van der Waals surface area (Å²) in [6.07, 6.45) is 3.12. The number of ether oxygens (including phenoxy) is 2. The molecule has 0 aliphatic carbocycles. The molecule has 0 spiro atoms. The van der Waals surface area contributed by atoms with Gasteiger partial charge in [0.1, 0.15) is 0 Å². The Morgan fingerprint density at radius 2 is 1.44 bits per heavy atom. The molecule has 0 bridgehead atoms. The number of aliphatic carboxylic acids is 1. The van der Waals surface area contributed by atoms with Crippen molar-refractivity contribution in [2.75, 3.05) is 13.2 Å². The maximum Gasteiger partial charge on any atom is 0.372 e. The van der Waals surface area contributed by atoms with Crippen molar-refractivity contribution >= 4 is 29.1 Å². The largest absolute Gasteiger partial charge is 0.477 e. The third kappa shape index (κ3) is 5.97. The summed E-state index contributed by atoms with van der Waals surface area (Å²) in [6.45, 7) is 5.49. The summed E-state index contributed by atoms with van der Waals surface area (Å²) in [4.78, 5) is 22.6. The van der Waals surface area contributed by atoms with Gasteiger partial charge in [-0.05, 0) is 12.8 Å². The molecule has 0 rings (SSSR count). The van der Waals surface area contributed by atoms with Gasteiger partial charge in [0.05, 0.1) is 13.2 Å². The standard InChI is InChI=1S/C12H22O5.Al.3H/c1-4-6-8-16-12(10(3)13,11(14)15)17-9-7-5-2;;;;/h4-9H2,1-3H3,(H,14,15);;;;. The highest BCUT2D eigenvalue weighted by molar-refractivity contribution is 6.03. The second-order valence-electron chi connectivity index (χ2n) is 3.88. The van der Waals surface area contributed by atoms with Gasteiger partial charge in [-0.3, -0.25) is 4.79 Å². The van der Waals surface area contributed by atoms with E-state index >= 15 is 0 Å². The highest BCUT2D eigenvalue weighted by atomic mass is 27.0. The van der Waals surface area contributed by atoms with E-state index in [1.807, 2.05) is 13.8 Å². The van der Waals surface area contributed by atoms with Crippen LogP contribution >= 0.6 is 0 Å². The van der Waals surface area contributed by atoms with Gasteiger partial charge in [0.2, 0.25) is 5.78 Å². The maximum atomic E-state index is 11.5. The van der Waals surface area contributed by atoms with Gasteiger partial charge >= 0.3 is 11.8 Å². The number of carbonyl (C=O) groups is 2. The van der Waals surface area contributed by atoms with Crippen LogP contribution in [0.1, 0.15) is 46.5 Å². The van der Waals surface area contributed by atoms with Crippen LogP contribution in [0.15, 0.2) is 0 Å². The summed E-state index contributed by atoms with van der Waals surface area (Å²) in [6, 6.07) is 0. The van der Waals surface area contributed by atoms with Crippen LogP contribution in [0.3, 0.4) is 0 Å². The molecule has 0 amide bonds. The summed E-state index contributed by atoms with van der Waals surface area (Å²) in [5, 5.41) is 9.12. The predicted molar refractivity (Wildman–Crippen MR) is 72.7 cm³/mol. The number of Topliss-reactive ketones (excluding diaryl/α,β-unsaturated/α-hetero) is 1. The molecule has 0 radical (unpaired) electrons. The lowest BCUT2D eigenvalue weighted by Gasteiger charge is -2.26. The number of unbranched alkanes of at least 4 members (excludes halogenated alkanes) is 2. The van der Waals surface area contributed by atoms with Crippen LogP contribution in [0.2, 0.25) is 0 Å². The average Bonchev–Trinajstić information content (AvgIpc) is 2.26. The summed E-state index contributed by atoms with van der Waals surface area (Å²) >= 11 is 0. The predicted octanol–water partition coefficient (Wildman–Crippen LogP) is 0.806. The van der Waals surface area contributed by atoms with E-state index in [1.165, 1.54) is 6.92 Å². The first-order valence-corrected chi connectivity index (χ1v) is 6.03. The molecule has 18 heavy (non-hydrogen) atoms. The normalized spacial score (nSPS) is 10.8. The van der Waals surface area contributed by atoms with Crippen LogP contribution < -0.4 is 0 Å². The zero-order chi connectivity index (χ0) is 13.3. The molecule has 0 fully saturated rings. The molecule has 0 aliphatic heterocycles. The molecule has 1 N–H and O–H groups in total. The fourth-order valence-corrected chi connectivity index (χ4v) is 1.24. The van der Waals surface area contributed by atoms with Crippen molar-refractivity contribution in [3.63, 3.8) is 0 Å². The highest BCUT2D eigenvalue weighted by Crippen LogP contribution is 2.17. The Hall–Kier alpha value is -0.408. The summed E-state index contributed by atoms with van der Waals surface area (Å²) in [5.74, 6) is -4.13. The molecular formula is C12H25AlO5. The van der Waals surface area contributed by atoms with Crippen molar-refractivity contribution in [2.45, 2.75) is 52.2 Å². The molecule has 106 valence electrons. The fraction of sp³-hybridized carbons (Fsp3) is 0.833. The minimum absolute atomic E-state index is 0. The molecule has 0 aliphatic rings. The van der Waals surface area contributed by atoms with Crippen molar-refractivity contribution in [2.24, 2.45) is 0 Å². The third-order valence-corrected chi connectivity index (χ3v) is 2.35. The van der Waals surface area contributed by atoms with E-state index in [1.54, 1.807) is 0 Å². The van der Waals surface area contributed by atoms with Gasteiger partial charge in [-0.15, -0.1) is 0 Å². The van der Waals surface area contributed by atoms with Crippen LogP contribution in [-0.2, 0) is 19.1 Å². The lowest BCUT2D eigenvalue weighted by Crippen LogP contribution is -2.51. The second kappa shape index (κ2) is 10.5. The quantitative estimate of drug-likeness (QED) is 0.276. The second-order valence-corrected chi connectivity index (χ2v) is 3.88. The monoisotopic (exact) mass is 276 g/mol. The molecule has 0 unspecified atom stereocenters. The fourth-order valence-electron chi connectivity index (χ4n) is 1.24. The Bertz CT molecular complexity index is 229. The Balaban J connectivity index is 0. The van der Waals surface area contributed by atoms with E-state index in [-0.39, 0.29) is 30.6 Å². The van der Waals surface area contributed by atoms with E-state index < -0.39 is 17.5 Å². The molecule has 0 atom stereocenters. The van der Waals surface area contributed by atoms with E-state index in [0.29, 0.717) is 12.8 Å². The number of carboxylic acid groups (broad SMARTS) is 1. The SMILES string of the molecule is CCCCOC(OCCCC)(C(C)=O)C(=O)O.[AlH3]. The van der Waals surface area contributed by atoms with Gasteiger partial charge in [-0.2, -0.15) is 0 Å². The van der Waals surface area contributed by atoms with E-state index in [9.17, 15) is 9.59 Å². The van der Waals surface area contributed by atoms with Crippen molar-refractivity contribution in [3.8, 4) is 0 Å². The first kappa shape index (κ1) is 19.9. The van der Waals surface area contributed by atoms with Gasteiger partial charge in [-0.1, -0.05) is 26.7 Å². The van der Waals surface area contributed by atoms with Gasteiger partial charge in [0, 0.05) is 6.92 Å². The van der Waals surface area contributed by atoms with E-state index in [0.717, 1.165) is 12.8 Å². The lowest BCUT2D eigenvalue weighted by molar-refractivity contribution is -0.236. The summed E-state index contributed by atoms with van der Waals surface area (Å²) in [7, 11) is 0. The Kier molecular flexibility index (Phi) is 11.6. The van der Waals surface area contributed by atoms with E-state index in [4.69, 9.17) is 14.6 Å². The van der Waals surface area contributed by atoms with Crippen molar-refractivity contribution in [3.05, 3.63) is 0 Å². The van der Waals surface area contributed by atoms with Crippen LogP contribution in [-0.4, -0.2) is 53.2 Å². The van der Waals surface area contributed by atoms with Crippen LogP contribution in [0, 0.1) is 0 Å². The van der Waals surface area contributed by atoms with Gasteiger partial charge in [0.15, 0.2) is 17.4 Å². The summed E-state index contributed by atoms with van der Waals surface area (Å²) in [5.41, 5.74) is 0. The Morgan fingerprint density at radius 3 is 1.67 bits per heavy atom. The third-order valence-electron chi connectivity index (χ3n) is 2.35. The molecule has 6 heteroatoms. The number of hydrogen-bond acceptors (Lipinski definition) is 4. The number of hydrogen-bond donors (Lipinski definition) is 1. The number of carbonyl (C=O) groups excluding carboxylic acids is 1.